The first-order chi connectivity index (χ1) is 21.4. The van der Waals surface area contributed by atoms with Gasteiger partial charge in [-0.25, -0.2) is 14.2 Å². The van der Waals surface area contributed by atoms with Crippen LogP contribution in [0.3, 0.4) is 0 Å². The molecule has 3 heterocycles. The zero-order chi connectivity index (χ0) is 31.1. The highest BCUT2D eigenvalue weighted by Gasteiger charge is 2.27. The van der Waals surface area contributed by atoms with Gasteiger partial charge >= 0.3 is 11.5 Å². The number of aromatic nitrogens is 3. The Morgan fingerprint density at radius 3 is 2.45 bits per heavy atom. The first-order valence-electron chi connectivity index (χ1n) is 14.3. The molecule has 0 bridgehead atoms. The van der Waals surface area contributed by atoms with Gasteiger partial charge in [-0.15, -0.1) is 0 Å². The van der Waals surface area contributed by atoms with Crippen molar-refractivity contribution in [2.45, 2.75) is 44.1 Å². The molecule has 0 spiro atoms. The number of nitrogens with zero attached hydrogens (tertiary/aromatic N) is 4. The van der Waals surface area contributed by atoms with Crippen LogP contribution >= 0.6 is 11.8 Å². The van der Waals surface area contributed by atoms with Crippen molar-refractivity contribution >= 4 is 40.8 Å². The third-order valence-electron chi connectivity index (χ3n) is 7.40. The predicted molar refractivity (Wildman–Crippen MR) is 164 cm³/mol. The highest BCUT2D eigenvalue weighted by atomic mass is 32.2. The molecule has 1 unspecified atom stereocenters. The van der Waals surface area contributed by atoms with Crippen LogP contribution in [0.2, 0.25) is 0 Å². The molecule has 1 amide bonds. The van der Waals surface area contributed by atoms with Crippen LogP contribution in [-0.4, -0.2) is 67.6 Å². The number of benzene rings is 2. The van der Waals surface area contributed by atoms with Crippen LogP contribution < -0.4 is 10.3 Å². The third-order valence-corrected chi connectivity index (χ3v) is 8.38. The van der Waals surface area contributed by atoms with E-state index in [1.54, 1.807) is 35.4 Å². The van der Waals surface area contributed by atoms with Crippen molar-refractivity contribution in [1.29, 1.82) is 0 Å². The van der Waals surface area contributed by atoms with Gasteiger partial charge < -0.3 is 23.7 Å². The fourth-order valence-electron chi connectivity index (χ4n) is 5.10. The number of rotatable bonds is 11. The molecule has 1 aliphatic rings. The van der Waals surface area contributed by atoms with E-state index in [-0.39, 0.29) is 48.3 Å². The highest BCUT2D eigenvalue weighted by molar-refractivity contribution is 8.15. The van der Waals surface area contributed by atoms with Gasteiger partial charge in [-0.3, -0.25) is 14.4 Å². The van der Waals surface area contributed by atoms with E-state index in [1.807, 2.05) is 30.3 Å². The number of hydrogen-bond donors (Lipinski definition) is 0. The standard InChI is InChI=1S/C32H32N4O7S/c1-42-30(40)25-13-7-6-12-23(25)18-24(20-37)44-31(41)27-28(43-21-22-10-4-2-5-11-22)29(39)36-17-16-35(32(36)33-27)19-26(38)34-14-8-3-9-15-34/h2,4-7,10-13,16-17,20,24H,3,8-9,14-15,18-19,21H2,1H3. The molecule has 2 aromatic heterocycles. The zero-order valence-corrected chi connectivity index (χ0v) is 25.0. The highest BCUT2D eigenvalue weighted by Crippen LogP contribution is 2.26. The van der Waals surface area contributed by atoms with Gasteiger partial charge in [0.1, 0.15) is 19.4 Å². The number of carbonyl (C=O) groups is 4. The molecule has 1 saturated heterocycles. The Kier molecular flexibility index (Phi) is 9.90. The molecule has 1 aliphatic heterocycles. The van der Waals surface area contributed by atoms with Crippen molar-refractivity contribution in [3.8, 4) is 5.75 Å². The Labute approximate surface area is 257 Å². The number of esters is 1. The van der Waals surface area contributed by atoms with Crippen LogP contribution in [0.4, 0.5) is 0 Å². The maximum absolute atomic E-state index is 13.7. The van der Waals surface area contributed by atoms with E-state index in [4.69, 9.17) is 9.47 Å². The second-order valence-electron chi connectivity index (χ2n) is 10.3. The first kappa shape index (κ1) is 30.7. The van der Waals surface area contributed by atoms with Gasteiger partial charge in [0, 0.05) is 25.5 Å². The summed E-state index contributed by atoms with van der Waals surface area (Å²) in [5.41, 5.74) is 0.728. The largest absolute Gasteiger partial charge is 0.481 e. The van der Waals surface area contributed by atoms with Crippen LogP contribution in [0.15, 0.2) is 71.8 Å². The normalized spacial score (nSPS) is 13.8. The summed E-state index contributed by atoms with van der Waals surface area (Å²) in [4.78, 5) is 71.1. The van der Waals surface area contributed by atoms with Gasteiger partial charge in [0.25, 0.3) is 0 Å². The topological polar surface area (TPSA) is 129 Å². The van der Waals surface area contributed by atoms with E-state index in [0.29, 0.717) is 36.7 Å². The molecule has 2 aromatic carbocycles. The average molecular weight is 617 g/mol. The van der Waals surface area contributed by atoms with E-state index in [2.05, 4.69) is 4.98 Å². The average Bonchev–Trinajstić information content (AvgIpc) is 3.47. The molecular weight excluding hydrogens is 584 g/mol. The van der Waals surface area contributed by atoms with Crippen LogP contribution in [0, 0.1) is 0 Å². The van der Waals surface area contributed by atoms with Crippen LogP contribution in [-0.2, 0) is 33.9 Å². The summed E-state index contributed by atoms with van der Waals surface area (Å²) in [6.45, 7) is 1.31. The second kappa shape index (κ2) is 14.2. The lowest BCUT2D eigenvalue weighted by Gasteiger charge is -2.26. The van der Waals surface area contributed by atoms with Crippen LogP contribution in [0.1, 0.15) is 51.2 Å². The first-order valence-corrected chi connectivity index (χ1v) is 15.2. The number of ether oxygens (including phenoxy) is 2. The quantitative estimate of drug-likeness (QED) is 0.183. The smallest absolute Gasteiger partial charge is 0.338 e. The lowest BCUT2D eigenvalue weighted by molar-refractivity contribution is -0.132. The van der Waals surface area contributed by atoms with E-state index < -0.39 is 21.9 Å². The minimum absolute atomic E-state index is 0.00649. The van der Waals surface area contributed by atoms with Crippen LogP contribution in [0.5, 0.6) is 5.75 Å². The molecule has 44 heavy (non-hydrogen) atoms. The van der Waals surface area contributed by atoms with E-state index in [1.165, 1.54) is 22.3 Å². The Morgan fingerprint density at radius 1 is 1.00 bits per heavy atom. The predicted octanol–water partition coefficient (Wildman–Crippen LogP) is 3.56. The molecule has 5 rings (SSSR count). The van der Waals surface area contributed by atoms with Crippen LogP contribution in [0.25, 0.3) is 5.78 Å². The van der Waals surface area contributed by atoms with E-state index in [9.17, 15) is 24.0 Å². The Balaban J connectivity index is 1.47. The zero-order valence-electron chi connectivity index (χ0n) is 24.2. The van der Waals surface area contributed by atoms with E-state index >= 15 is 0 Å². The molecule has 228 valence electrons. The summed E-state index contributed by atoms with van der Waals surface area (Å²) < 4.78 is 13.5. The monoisotopic (exact) mass is 616 g/mol. The summed E-state index contributed by atoms with van der Waals surface area (Å²) >= 11 is 0.685. The summed E-state index contributed by atoms with van der Waals surface area (Å²) in [6.07, 6.45) is 6.71. The number of piperidine rings is 1. The van der Waals surface area contributed by atoms with Gasteiger partial charge in [-0.1, -0.05) is 60.3 Å². The maximum atomic E-state index is 13.7. The molecule has 12 heteroatoms. The van der Waals surface area contributed by atoms with Crippen molar-refractivity contribution in [3.63, 3.8) is 0 Å². The SMILES string of the molecule is COC(=O)c1ccccc1CC(C=O)SC(=O)c1nc2n(CC(=O)N3CCCCC3)ccn2c(=O)c1OCc1ccccc1. The molecule has 1 fully saturated rings. The van der Waals surface area contributed by atoms with Gasteiger partial charge in [0.15, 0.2) is 5.69 Å². The Hall–Kier alpha value is -4.71. The third kappa shape index (κ3) is 6.91. The molecular formula is C32H32N4O7S. The molecule has 0 N–H and O–H groups in total. The van der Waals surface area contributed by atoms with Gasteiger partial charge in [0.2, 0.25) is 22.5 Å². The number of methoxy groups -OCH3 is 1. The molecule has 0 aliphatic carbocycles. The number of imidazole rings is 1. The van der Waals surface area contributed by atoms with Gasteiger partial charge in [0.05, 0.1) is 17.9 Å². The number of fused-ring (bicyclic) bond motifs is 1. The van der Waals surface area contributed by atoms with Crippen molar-refractivity contribution in [1.82, 2.24) is 18.9 Å². The molecule has 1 atom stereocenters. The lowest BCUT2D eigenvalue weighted by atomic mass is 10.0. The van der Waals surface area contributed by atoms with Crippen molar-refractivity contribution in [2.75, 3.05) is 20.2 Å². The number of hydrogen-bond acceptors (Lipinski definition) is 9. The minimum Gasteiger partial charge on any atom is -0.481 e. The molecule has 0 saturated carbocycles. The maximum Gasteiger partial charge on any atom is 0.338 e. The number of carbonyl (C=O) groups excluding carboxylic acids is 4. The number of likely N-dealkylation sites (tertiary alicyclic amines) is 1. The van der Waals surface area contributed by atoms with Crippen molar-refractivity contribution in [2.24, 2.45) is 0 Å². The summed E-state index contributed by atoms with van der Waals surface area (Å²) in [5, 5.41) is -1.56. The Morgan fingerprint density at radius 2 is 1.73 bits per heavy atom. The molecule has 0 radical (unpaired) electrons. The van der Waals surface area contributed by atoms with Crippen molar-refractivity contribution in [3.05, 3.63) is 99.7 Å². The van der Waals surface area contributed by atoms with Crippen molar-refractivity contribution < 1.29 is 28.7 Å². The second-order valence-corrected chi connectivity index (χ2v) is 11.6. The molecule has 11 nitrogen and oxygen atoms in total. The number of amides is 1. The Bertz CT molecular complexity index is 1730. The molecule has 4 aromatic rings. The fraction of sp³-hybridized carbons (Fsp3) is 0.312. The van der Waals surface area contributed by atoms with E-state index in [0.717, 1.165) is 24.8 Å². The minimum atomic E-state index is -0.900. The van der Waals surface area contributed by atoms with Gasteiger partial charge in [-0.05, 0) is 42.9 Å². The summed E-state index contributed by atoms with van der Waals surface area (Å²) in [6, 6.07) is 15.8. The fourth-order valence-corrected chi connectivity index (χ4v) is 5.95. The number of thioether (sulfide) groups is 1. The lowest BCUT2D eigenvalue weighted by Crippen LogP contribution is -2.37. The number of aldehydes is 1. The summed E-state index contributed by atoms with van der Waals surface area (Å²) in [5.74, 6) is -0.814. The summed E-state index contributed by atoms with van der Waals surface area (Å²) in [7, 11) is 1.27. The van der Waals surface area contributed by atoms with Gasteiger partial charge in [-0.2, -0.15) is 0 Å².